The number of benzene rings is 1. The topological polar surface area (TPSA) is 29.1 Å². The minimum Gasteiger partial charge on any atom is -0.352 e. The Labute approximate surface area is 112 Å². The zero-order valence-electron chi connectivity index (χ0n) is 10.2. The van der Waals surface area contributed by atoms with Gasteiger partial charge in [0.25, 0.3) is 0 Å². The number of amides is 1. The molecular formula is C12H12ClF4NO. The smallest absolute Gasteiger partial charge is 0.352 e. The first-order chi connectivity index (χ1) is 8.58. The number of carbonyl (C=O) groups excluding carboxylic acids is 1. The lowest BCUT2D eigenvalue weighted by Crippen LogP contribution is -2.47. The number of halogens is 5. The molecule has 0 unspecified atom stereocenters. The van der Waals surface area contributed by atoms with Gasteiger partial charge in [-0.1, -0.05) is 23.7 Å². The van der Waals surface area contributed by atoms with Crippen LogP contribution in [-0.4, -0.2) is 18.6 Å². The molecule has 1 amide bonds. The molecule has 1 aromatic carbocycles. The molecule has 19 heavy (non-hydrogen) atoms. The molecule has 1 aromatic rings. The summed E-state index contributed by atoms with van der Waals surface area (Å²) in [4.78, 5) is 10.7. The Bertz CT molecular complexity index is 489. The van der Waals surface area contributed by atoms with Crippen molar-refractivity contribution < 1.29 is 22.4 Å². The normalized spacial score (nSPS) is 14.9. The van der Waals surface area contributed by atoms with Gasteiger partial charge in [-0.15, -0.1) is 0 Å². The van der Waals surface area contributed by atoms with E-state index >= 15 is 0 Å². The van der Waals surface area contributed by atoms with Gasteiger partial charge in [-0.2, -0.15) is 13.2 Å². The molecule has 1 atom stereocenters. The molecule has 7 heteroatoms. The fourth-order valence-electron chi connectivity index (χ4n) is 1.50. The second-order valence-electron chi connectivity index (χ2n) is 4.17. The van der Waals surface area contributed by atoms with E-state index in [-0.39, 0.29) is 5.02 Å². The molecule has 0 aliphatic rings. The zero-order chi connectivity index (χ0) is 14.8. The van der Waals surface area contributed by atoms with E-state index in [4.69, 9.17) is 11.6 Å². The highest BCUT2D eigenvalue weighted by Gasteiger charge is 2.57. The molecule has 0 saturated heterocycles. The highest BCUT2D eigenvalue weighted by molar-refractivity contribution is 6.31. The molecule has 0 bridgehead atoms. The van der Waals surface area contributed by atoms with Crippen LogP contribution in [-0.2, 0) is 10.5 Å². The third kappa shape index (κ3) is 3.37. The van der Waals surface area contributed by atoms with Crippen molar-refractivity contribution in [2.24, 2.45) is 0 Å². The summed E-state index contributed by atoms with van der Waals surface area (Å²) in [5.74, 6) is -0.739. The minimum absolute atomic E-state index is 0.243. The van der Waals surface area contributed by atoms with Gasteiger partial charge in [0.2, 0.25) is 11.6 Å². The van der Waals surface area contributed by atoms with E-state index in [0.717, 1.165) is 19.1 Å². The molecule has 0 aromatic heterocycles. The molecule has 1 N–H and O–H groups in total. The standard InChI is InChI=1S/C12H12ClF4NO/c1-7-5-9(3-4-10(7)13)11(14,12(15,16)17)6-18-8(2)19/h3-5H,6H2,1-2H3,(H,18,19)/t11-/m1/s1. The van der Waals surface area contributed by atoms with Gasteiger partial charge in [0.15, 0.2) is 0 Å². The number of hydrogen-bond donors (Lipinski definition) is 1. The summed E-state index contributed by atoms with van der Waals surface area (Å²) in [5, 5.41) is 2.10. The van der Waals surface area contributed by atoms with Crippen molar-refractivity contribution in [2.45, 2.75) is 25.7 Å². The third-order valence-corrected chi connectivity index (χ3v) is 3.07. The van der Waals surface area contributed by atoms with E-state index in [9.17, 15) is 22.4 Å². The van der Waals surface area contributed by atoms with Gasteiger partial charge in [-0.05, 0) is 18.6 Å². The van der Waals surface area contributed by atoms with Crippen LogP contribution >= 0.6 is 11.6 Å². The maximum Gasteiger partial charge on any atom is 0.428 e. The van der Waals surface area contributed by atoms with Gasteiger partial charge < -0.3 is 5.32 Å². The lowest BCUT2D eigenvalue weighted by molar-refractivity contribution is -0.233. The van der Waals surface area contributed by atoms with Crippen molar-refractivity contribution >= 4 is 17.5 Å². The molecule has 0 spiro atoms. The van der Waals surface area contributed by atoms with Gasteiger partial charge >= 0.3 is 6.18 Å². The fraction of sp³-hybridized carbons (Fsp3) is 0.417. The number of rotatable bonds is 3. The highest BCUT2D eigenvalue weighted by Crippen LogP contribution is 2.42. The zero-order valence-corrected chi connectivity index (χ0v) is 11.0. The third-order valence-electron chi connectivity index (χ3n) is 2.65. The van der Waals surface area contributed by atoms with E-state index < -0.39 is 29.9 Å². The maximum atomic E-state index is 14.3. The van der Waals surface area contributed by atoms with Crippen molar-refractivity contribution in [1.82, 2.24) is 5.32 Å². The molecule has 2 nitrogen and oxygen atoms in total. The average molecular weight is 298 g/mol. The largest absolute Gasteiger partial charge is 0.428 e. The maximum absolute atomic E-state index is 14.3. The molecule has 1 rings (SSSR count). The predicted octanol–water partition coefficient (Wildman–Crippen LogP) is 3.51. The summed E-state index contributed by atoms with van der Waals surface area (Å²) in [6.07, 6.45) is -5.14. The second kappa shape index (κ2) is 5.36. The van der Waals surface area contributed by atoms with Crippen molar-refractivity contribution in [2.75, 3.05) is 6.54 Å². The Morgan fingerprint density at radius 2 is 1.89 bits per heavy atom. The molecular weight excluding hydrogens is 286 g/mol. The number of alkyl halides is 4. The first-order valence-electron chi connectivity index (χ1n) is 5.34. The van der Waals surface area contributed by atoms with Gasteiger partial charge in [-0.3, -0.25) is 4.79 Å². The molecule has 0 aliphatic carbocycles. The van der Waals surface area contributed by atoms with Crippen LogP contribution in [0.5, 0.6) is 0 Å². The summed E-state index contributed by atoms with van der Waals surface area (Å²) >= 11 is 5.70. The first kappa shape index (κ1) is 15.8. The highest BCUT2D eigenvalue weighted by atomic mass is 35.5. The van der Waals surface area contributed by atoms with Crippen molar-refractivity contribution in [3.63, 3.8) is 0 Å². The summed E-state index contributed by atoms with van der Waals surface area (Å²) in [5.41, 5.74) is -3.91. The number of nitrogens with one attached hydrogen (secondary N) is 1. The van der Waals surface area contributed by atoms with Crippen molar-refractivity contribution in [1.29, 1.82) is 0 Å². The van der Waals surface area contributed by atoms with E-state index in [1.54, 1.807) is 0 Å². The number of aryl methyl sites for hydroxylation is 1. The van der Waals surface area contributed by atoms with Crippen LogP contribution in [0.25, 0.3) is 0 Å². The van der Waals surface area contributed by atoms with Crippen LogP contribution in [0.4, 0.5) is 17.6 Å². The van der Waals surface area contributed by atoms with Crippen molar-refractivity contribution in [3.05, 3.63) is 34.3 Å². The van der Waals surface area contributed by atoms with Crippen LogP contribution in [0, 0.1) is 6.92 Å². The van der Waals surface area contributed by atoms with E-state index in [1.165, 1.54) is 13.0 Å². The Morgan fingerprint density at radius 1 is 1.32 bits per heavy atom. The molecule has 106 valence electrons. The quantitative estimate of drug-likeness (QED) is 0.850. The van der Waals surface area contributed by atoms with Crippen LogP contribution < -0.4 is 5.32 Å². The number of hydrogen-bond acceptors (Lipinski definition) is 1. The molecule has 0 aliphatic heterocycles. The Hall–Kier alpha value is -1.30. The summed E-state index contributed by atoms with van der Waals surface area (Å²) in [6, 6.07) is 3.18. The molecule has 0 saturated carbocycles. The van der Waals surface area contributed by atoms with Gasteiger partial charge in [0, 0.05) is 17.5 Å². The number of carbonyl (C=O) groups is 1. The minimum atomic E-state index is -5.14. The van der Waals surface area contributed by atoms with Crippen LogP contribution in [0.15, 0.2) is 18.2 Å². The lowest BCUT2D eigenvalue weighted by Gasteiger charge is -2.28. The summed E-state index contributed by atoms with van der Waals surface area (Å²) in [7, 11) is 0. The van der Waals surface area contributed by atoms with E-state index in [1.807, 2.05) is 5.32 Å². The monoisotopic (exact) mass is 297 g/mol. The Morgan fingerprint density at radius 3 is 2.32 bits per heavy atom. The van der Waals surface area contributed by atoms with Crippen LogP contribution in [0.1, 0.15) is 18.1 Å². The first-order valence-corrected chi connectivity index (χ1v) is 5.72. The Kier molecular flexibility index (Phi) is 4.45. The molecule has 0 radical (unpaired) electrons. The van der Waals surface area contributed by atoms with Crippen molar-refractivity contribution in [3.8, 4) is 0 Å². The summed E-state index contributed by atoms with van der Waals surface area (Å²) in [6.45, 7) is 1.32. The van der Waals surface area contributed by atoms with E-state index in [0.29, 0.717) is 5.56 Å². The predicted molar refractivity (Wildman–Crippen MR) is 63.7 cm³/mol. The molecule has 0 heterocycles. The van der Waals surface area contributed by atoms with Gasteiger partial charge in [0.1, 0.15) is 0 Å². The summed E-state index contributed by atoms with van der Waals surface area (Å²) < 4.78 is 53.1. The average Bonchev–Trinajstić information content (AvgIpc) is 2.28. The SMILES string of the molecule is CC(=O)NC[C@@](F)(c1ccc(Cl)c(C)c1)C(F)(F)F. The van der Waals surface area contributed by atoms with Crippen LogP contribution in [0.3, 0.4) is 0 Å². The Balaban J connectivity index is 3.23. The molecule has 0 fully saturated rings. The van der Waals surface area contributed by atoms with Crippen LogP contribution in [0.2, 0.25) is 5.02 Å². The lowest BCUT2D eigenvalue weighted by atomic mass is 9.93. The second-order valence-corrected chi connectivity index (χ2v) is 4.58. The van der Waals surface area contributed by atoms with E-state index in [2.05, 4.69) is 0 Å². The fourth-order valence-corrected chi connectivity index (χ4v) is 1.62. The van der Waals surface area contributed by atoms with Gasteiger partial charge in [-0.25, -0.2) is 4.39 Å². The van der Waals surface area contributed by atoms with Gasteiger partial charge in [0.05, 0.1) is 6.54 Å².